The van der Waals surface area contributed by atoms with Gasteiger partial charge in [-0.2, -0.15) is 0 Å². The Labute approximate surface area is 234 Å². The van der Waals surface area contributed by atoms with Crippen molar-refractivity contribution in [3.05, 3.63) is 71.8 Å². The molecule has 0 aromatic heterocycles. The van der Waals surface area contributed by atoms with Crippen molar-refractivity contribution >= 4 is 29.5 Å². The number of amides is 5. The Morgan fingerprint density at radius 1 is 0.750 bits per heavy atom. The third kappa shape index (κ3) is 7.25. The van der Waals surface area contributed by atoms with Gasteiger partial charge < -0.3 is 26.2 Å². The molecule has 212 valence electrons. The summed E-state index contributed by atoms with van der Waals surface area (Å²) in [5, 5.41) is 11.0. The van der Waals surface area contributed by atoms with Gasteiger partial charge >= 0.3 is 0 Å². The van der Waals surface area contributed by atoms with E-state index in [0.717, 1.165) is 11.1 Å². The summed E-state index contributed by atoms with van der Waals surface area (Å²) in [6, 6.07) is 14.9. The number of hydrogen-bond donors (Lipinski definition) is 4. The van der Waals surface area contributed by atoms with Crippen molar-refractivity contribution in [3.63, 3.8) is 0 Å². The fraction of sp³-hybridized carbons (Fsp3) is 0.433. The SMILES string of the molecule is CC(C)[C@@H]1NC(=O)[C@H](Cc2ccccc2)NC(=O)CNC(=O)[C@@H]2CCCN2C(=O)[C@H](Cc2ccccc2)NC1=O. The first-order chi connectivity index (χ1) is 19.2. The number of nitrogens with one attached hydrogen (secondary N) is 4. The van der Waals surface area contributed by atoms with Crippen LogP contribution in [-0.4, -0.2) is 71.7 Å². The van der Waals surface area contributed by atoms with E-state index in [9.17, 15) is 24.0 Å². The first-order valence-electron chi connectivity index (χ1n) is 13.8. The molecular formula is C30H37N5O5. The molecule has 5 amide bonds. The number of hydrogen-bond acceptors (Lipinski definition) is 5. The molecule has 2 aliphatic rings. The minimum Gasteiger partial charge on any atom is -0.345 e. The van der Waals surface area contributed by atoms with E-state index in [1.165, 1.54) is 4.90 Å². The minimum absolute atomic E-state index is 0.199. The third-order valence-corrected chi connectivity index (χ3v) is 7.34. The molecule has 2 aromatic rings. The molecule has 0 aliphatic carbocycles. The van der Waals surface area contributed by atoms with Gasteiger partial charge in [-0.3, -0.25) is 24.0 Å². The molecule has 10 nitrogen and oxygen atoms in total. The van der Waals surface area contributed by atoms with Crippen molar-refractivity contribution in [2.45, 2.75) is 63.7 Å². The van der Waals surface area contributed by atoms with Gasteiger partial charge in [0, 0.05) is 19.4 Å². The normalized spacial score (nSPS) is 24.8. The molecule has 40 heavy (non-hydrogen) atoms. The zero-order chi connectivity index (χ0) is 28.6. The van der Waals surface area contributed by atoms with E-state index in [-0.39, 0.29) is 31.2 Å². The summed E-state index contributed by atoms with van der Waals surface area (Å²) >= 11 is 0. The summed E-state index contributed by atoms with van der Waals surface area (Å²) in [4.78, 5) is 68.3. The van der Waals surface area contributed by atoms with Crippen LogP contribution in [0.2, 0.25) is 0 Å². The van der Waals surface area contributed by atoms with Crippen LogP contribution >= 0.6 is 0 Å². The molecule has 2 fully saturated rings. The predicted octanol–water partition coefficient (Wildman–Crippen LogP) is 0.703. The second-order valence-corrected chi connectivity index (χ2v) is 10.7. The minimum atomic E-state index is -0.976. The first-order valence-corrected chi connectivity index (χ1v) is 13.8. The Balaban J connectivity index is 1.66. The van der Waals surface area contributed by atoms with Crippen LogP contribution in [0.3, 0.4) is 0 Å². The van der Waals surface area contributed by atoms with Gasteiger partial charge in [0.25, 0.3) is 0 Å². The lowest BCUT2D eigenvalue weighted by atomic mass is 9.99. The van der Waals surface area contributed by atoms with E-state index in [0.29, 0.717) is 19.4 Å². The zero-order valence-corrected chi connectivity index (χ0v) is 22.9. The Bertz CT molecular complexity index is 1220. The zero-order valence-electron chi connectivity index (χ0n) is 22.9. The summed E-state index contributed by atoms with van der Waals surface area (Å²) in [6.07, 6.45) is 1.51. The molecule has 2 aliphatic heterocycles. The van der Waals surface area contributed by atoms with Crippen molar-refractivity contribution in [1.29, 1.82) is 0 Å². The molecule has 0 saturated carbocycles. The Kier molecular flexibility index (Phi) is 9.52. The van der Waals surface area contributed by atoms with E-state index in [2.05, 4.69) is 21.3 Å². The van der Waals surface area contributed by atoms with Gasteiger partial charge in [-0.1, -0.05) is 74.5 Å². The van der Waals surface area contributed by atoms with Crippen molar-refractivity contribution in [1.82, 2.24) is 26.2 Å². The molecule has 0 spiro atoms. The average molecular weight is 548 g/mol. The van der Waals surface area contributed by atoms with Crippen LogP contribution in [0.25, 0.3) is 0 Å². The smallest absolute Gasteiger partial charge is 0.246 e. The topological polar surface area (TPSA) is 137 Å². The van der Waals surface area contributed by atoms with Crippen LogP contribution in [0, 0.1) is 5.92 Å². The van der Waals surface area contributed by atoms with Crippen LogP contribution in [0.15, 0.2) is 60.7 Å². The molecule has 2 saturated heterocycles. The fourth-order valence-corrected chi connectivity index (χ4v) is 5.19. The molecule has 2 heterocycles. The molecule has 0 radical (unpaired) electrons. The van der Waals surface area contributed by atoms with Crippen molar-refractivity contribution in [2.24, 2.45) is 5.92 Å². The van der Waals surface area contributed by atoms with Gasteiger partial charge in [0.1, 0.15) is 24.2 Å². The highest BCUT2D eigenvalue weighted by Gasteiger charge is 2.39. The maximum absolute atomic E-state index is 13.8. The molecule has 4 N–H and O–H groups in total. The van der Waals surface area contributed by atoms with Gasteiger partial charge in [0.2, 0.25) is 29.5 Å². The van der Waals surface area contributed by atoms with Crippen LogP contribution in [0.5, 0.6) is 0 Å². The number of carbonyl (C=O) groups is 5. The summed E-state index contributed by atoms with van der Waals surface area (Å²) in [6.45, 7) is 3.63. The highest BCUT2D eigenvalue weighted by atomic mass is 16.2. The van der Waals surface area contributed by atoms with Gasteiger partial charge in [0.05, 0.1) is 6.54 Å². The van der Waals surface area contributed by atoms with E-state index < -0.39 is 47.8 Å². The van der Waals surface area contributed by atoms with Crippen LogP contribution in [0.1, 0.15) is 37.8 Å². The lowest BCUT2D eigenvalue weighted by Gasteiger charge is -2.30. The maximum atomic E-state index is 13.8. The highest BCUT2D eigenvalue weighted by molar-refractivity contribution is 5.97. The van der Waals surface area contributed by atoms with Gasteiger partial charge in [-0.05, 0) is 29.9 Å². The maximum Gasteiger partial charge on any atom is 0.246 e. The lowest BCUT2D eigenvalue weighted by Crippen LogP contribution is -2.59. The van der Waals surface area contributed by atoms with Crippen molar-refractivity contribution in [3.8, 4) is 0 Å². The van der Waals surface area contributed by atoms with Gasteiger partial charge in [-0.15, -0.1) is 0 Å². The molecule has 2 aromatic carbocycles. The standard InChI is InChI=1S/C30H37N5O5/c1-19(2)26-29(39)33-23(17-21-12-7-4-8-13-21)30(40)35-15-9-14-24(35)28(38)31-18-25(36)32-22(27(37)34-26)16-20-10-5-3-6-11-20/h3-8,10-13,19,22-24,26H,9,14-18H2,1-2H3,(H,31,38)(H,32,36)(H,33,39)(H,34,37)/t22-,23-,24-,26-/m0/s1. The number of benzene rings is 2. The van der Waals surface area contributed by atoms with E-state index in [1.54, 1.807) is 13.8 Å². The Hall–Kier alpha value is -4.21. The number of rotatable bonds is 5. The highest BCUT2D eigenvalue weighted by Crippen LogP contribution is 2.20. The van der Waals surface area contributed by atoms with Crippen molar-refractivity contribution < 1.29 is 24.0 Å². The molecule has 4 rings (SSSR count). The lowest BCUT2D eigenvalue weighted by molar-refractivity contribution is -0.142. The number of fused-ring (bicyclic) bond motifs is 1. The number of carbonyl (C=O) groups excluding carboxylic acids is 5. The fourth-order valence-electron chi connectivity index (χ4n) is 5.19. The second kappa shape index (κ2) is 13.2. The summed E-state index contributed by atoms with van der Waals surface area (Å²) in [5.41, 5.74) is 1.67. The third-order valence-electron chi connectivity index (χ3n) is 7.34. The molecule has 0 unspecified atom stereocenters. The molecular weight excluding hydrogens is 510 g/mol. The van der Waals surface area contributed by atoms with E-state index in [4.69, 9.17) is 0 Å². The van der Waals surface area contributed by atoms with Gasteiger partial charge in [0.15, 0.2) is 0 Å². The summed E-state index contributed by atoms with van der Waals surface area (Å²) < 4.78 is 0. The second-order valence-electron chi connectivity index (χ2n) is 10.7. The predicted molar refractivity (Wildman–Crippen MR) is 149 cm³/mol. The van der Waals surface area contributed by atoms with Crippen molar-refractivity contribution in [2.75, 3.05) is 13.1 Å². The monoisotopic (exact) mass is 547 g/mol. The molecule has 10 heteroatoms. The summed E-state index contributed by atoms with van der Waals surface area (Å²) in [5.74, 6) is -2.68. The first kappa shape index (κ1) is 28.8. The molecule has 4 atom stereocenters. The van der Waals surface area contributed by atoms with E-state index in [1.807, 2.05) is 60.7 Å². The molecule has 0 bridgehead atoms. The largest absolute Gasteiger partial charge is 0.345 e. The van der Waals surface area contributed by atoms with E-state index >= 15 is 0 Å². The number of nitrogens with zero attached hydrogens (tertiary/aromatic N) is 1. The average Bonchev–Trinajstić information content (AvgIpc) is 3.44. The Morgan fingerprint density at radius 2 is 1.35 bits per heavy atom. The quantitative estimate of drug-likeness (QED) is 0.437. The summed E-state index contributed by atoms with van der Waals surface area (Å²) in [7, 11) is 0. The van der Waals surface area contributed by atoms with Crippen LogP contribution in [0.4, 0.5) is 0 Å². The van der Waals surface area contributed by atoms with Crippen LogP contribution in [-0.2, 0) is 36.8 Å². The Morgan fingerprint density at radius 3 is 1.95 bits per heavy atom. The van der Waals surface area contributed by atoms with Gasteiger partial charge in [-0.25, -0.2) is 0 Å². The van der Waals surface area contributed by atoms with Crippen LogP contribution < -0.4 is 21.3 Å².